The number of piperazine rings is 1. The first-order valence-electron chi connectivity index (χ1n) is 13.2. The van der Waals surface area contributed by atoms with Crippen LogP contribution in [0.15, 0.2) is 76.8 Å². The summed E-state index contributed by atoms with van der Waals surface area (Å²) in [6.07, 6.45) is 4.18. The molecule has 1 fully saturated rings. The number of aromatic nitrogens is 1. The number of hydrogen-bond donors (Lipinski definition) is 2. The molecule has 0 aliphatic carbocycles. The summed E-state index contributed by atoms with van der Waals surface area (Å²) in [6.45, 7) is 7.57. The van der Waals surface area contributed by atoms with Crippen molar-refractivity contribution in [1.29, 1.82) is 0 Å². The molecule has 2 unspecified atom stereocenters. The molecule has 1 amide bonds. The molecule has 1 aromatic heterocycles. The highest BCUT2D eigenvalue weighted by Crippen LogP contribution is 2.35. The van der Waals surface area contributed by atoms with Crippen molar-refractivity contribution in [3.8, 4) is 5.75 Å². The molecule has 1 aliphatic heterocycles. The number of anilines is 2. The zero-order valence-corrected chi connectivity index (χ0v) is 23.5. The molecule has 10 heteroatoms. The normalized spacial score (nSPS) is 15.9. The van der Waals surface area contributed by atoms with E-state index in [9.17, 15) is 13.2 Å². The fourth-order valence-electron chi connectivity index (χ4n) is 4.35. The number of amides is 1. The van der Waals surface area contributed by atoms with Gasteiger partial charge in [-0.3, -0.25) is 9.78 Å². The molecule has 39 heavy (non-hydrogen) atoms. The molecule has 2 atom stereocenters. The highest BCUT2D eigenvalue weighted by atomic mass is 32.2. The molecule has 4 rings (SSSR count). The number of pyridine rings is 1. The lowest BCUT2D eigenvalue weighted by Crippen LogP contribution is -2.44. The van der Waals surface area contributed by atoms with Crippen LogP contribution in [0.25, 0.3) is 0 Å². The van der Waals surface area contributed by atoms with E-state index in [2.05, 4.69) is 27.1 Å². The van der Waals surface area contributed by atoms with Crippen LogP contribution in [-0.2, 0) is 21.2 Å². The van der Waals surface area contributed by atoms with Crippen LogP contribution in [0.5, 0.6) is 5.75 Å². The van der Waals surface area contributed by atoms with Gasteiger partial charge in [0.05, 0.1) is 21.5 Å². The Morgan fingerprint density at radius 2 is 1.82 bits per heavy atom. The maximum Gasteiger partial charge on any atom is 0.241 e. The van der Waals surface area contributed by atoms with E-state index in [4.69, 9.17) is 10.5 Å². The molecule has 2 heterocycles. The van der Waals surface area contributed by atoms with Gasteiger partial charge < -0.3 is 25.6 Å². The van der Waals surface area contributed by atoms with Gasteiger partial charge in [-0.25, -0.2) is 8.42 Å². The van der Waals surface area contributed by atoms with E-state index in [0.29, 0.717) is 11.4 Å². The van der Waals surface area contributed by atoms with Crippen molar-refractivity contribution < 1.29 is 17.9 Å². The van der Waals surface area contributed by atoms with Gasteiger partial charge in [0.25, 0.3) is 0 Å². The van der Waals surface area contributed by atoms with E-state index < -0.39 is 15.9 Å². The summed E-state index contributed by atoms with van der Waals surface area (Å²) in [6, 6.07) is 14.3. The summed E-state index contributed by atoms with van der Waals surface area (Å²) in [4.78, 5) is 21.4. The second-order valence-corrected chi connectivity index (χ2v) is 12.0. The lowest BCUT2D eigenvalue weighted by molar-refractivity contribution is -0.118. The Morgan fingerprint density at radius 1 is 1.08 bits per heavy atom. The number of likely N-dealkylation sites (N-methyl/N-ethyl adjacent to an activating group) is 1. The quantitative estimate of drug-likeness (QED) is 0.393. The molecule has 1 aliphatic rings. The summed E-state index contributed by atoms with van der Waals surface area (Å²) in [5.41, 5.74) is 8.16. The Balaban J connectivity index is 1.62. The lowest BCUT2D eigenvalue weighted by Gasteiger charge is -2.35. The van der Waals surface area contributed by atoms with Crippen LogP contribution in [0.4, 0.5) is 11.4 Å². The van der Waals surface area contributed by atoms with Crippen LogP contribution >= 0.6 is 0 Å². The van der Waals surface area contributed by atoms with E-state index in [1.165, 1.54) is 12.1 Å². The van der Waals surface area contributed by atoms with E-state index >= 15 is 0 Å². The van der Waals surface area contributed by atoms with Crippen molar-refractivity contribution in [1.82, 2.24) is 9.88 Å². The van der Waals surface area contributed by atoms with Gasteiger partial charge in [-0.2, -0.15) is 0 Å². The van der Waals surface area contributed by atoms with Crippen molar-refractivity contribution in [3.63, 3.8) is 0 Å². The number of carbonyl (C=O) groups is 1. The van der Waals surface area contributed by atoms with Crippen molar-refractivity contribution in [2.45, 2.75) is 42.7 Å². The predicted molar refractivity (Wildman–Crippen MR) is 153 cm³/mol. The Bertz CT molecular complexity index is 1380. The Labute approximate surface area is 230 Å². The molecule has 3 N–H and O–H groups in total. The van der Waals surface area contributed by atoms with Crippen LogP contribution in [0.3, 0.4) is 0 Å². The maximum atomic E-state index is 13.7. The number of hydrogen-bond acceptors (Lipinski definition) is 8. The molecule has 1 saturated heterocycles. The van der Waals surface area contributed by atoms with Gasteiger partial charge in [-0.15, -0.1) is 0 Å². The van der Waals surface area contributed by atoms with E-state index in [-0.39, 0.29) is 28.2 Å². The average molecular weight is 552 g/mol. The molecule has 0 radical (unpaired) electrons. The Hall–Kier alpha value is -3.47. The first-order valence-corrected chi connectivity index (χ1v) is 14.7. The first-order chi connectivity index (χ1) is 18.7. The third-order valence-corrected chi connectivity index (χ3v) is 8.92. The lowest BCUT2D eigenvalue weighted by atomic mass is 9.99. The topological polar surface area (TPSA) is 118 Å². The number of nitrogens with one attached hydrogen (secondary N) is 1. The summed E-state index contributed by atoms with van der Waals surface area (Å²) >= 11 is 0. The van der Waals surface area contributed by atoms with Crippen LogP contribution in [0.2, 0.25) is 0 Å². The van der Waals surface area contributed by atoms with Crippen LogP contribution in [0.1, 0.15) is 25.8 Å². The standard InChI is InChI=1S/C29H37N5O4S/c1-4-21(2)28(30)29(35)32-23-8-5-9-24(17-23)39(36,37)25-10-11-26(34-15-13-33(3)14-16-34)27(18-25)38-20-22-7-6-12-31-19-22/h5-12,17-19,21,28H,4,13-16,20,30H2,1-3H3,(H,32,35). The zero-order chi connectivity index (χ0) is 28.0. The molecule has 9 nitrogen and oxygen atoms in total. The summed E-state index contributed by atoms with van der Waals surface area (Å²) in [7, 11) is -1.82. The molecule has 2 aromatic carbocycles. The number of ether oxygens (including phenoxy) is 1. The molecule has 0 saturated carbocycles. The Morgan fingerprint density at radius 3 is 2.51 bits per heavy atom. The fraction of sp³-hybridized carbons (Fsp3) is 0.379. The minimum absolute atomic E-state index is 0.000761. The van der Waals surface area contributed by atoms with E-state index in [1.54, 1.807) is 36.7 Å². The third-order valence-electron chi connectivity index (χ3n) is 7.17. The molecular formula is C29H37N5O4S. The first kappa shape index (κ1) is 28.5. The van der Waals surface area contributed by atoms with Crippen LogP contribution < -0.4 is 20.7 Å². The van der Waals surface area contributed by atoms with Crippen LogP contribution in [0, 0.1) is 5.92 Å². The average Bonchev–Trinajstić information content (AvgIpc) is 2.96. The van der Waals surface area contributed by atoms with Gasteiger partial charge in [-0.05, 0) is 49.4 Å². The highest BCUT2D eigenvalue weighted by Gasteiger charge is 2.24. The highest BCUT2D eigenvalue weighted by molar-refractivity contribution is 7.91. The summed E-state index contributed by atoms with van der Waals surface area (Å²) < 4.78 is 33.6. The van der Waals surface area contributed by atoms with Crippen molar-refractivity contribution in [3.05, 3.63) is 72.6 Å². The monoisotopic (exact) mass is 551 g/mol. The van der Waals surface area contributed by atoms with Gasteiger partial charge in [0.1, 0.15) is 12.4 Å². The van der Waals surface area contributed by atoms with Gasteiger partial charge in [0, 0.05) is 55.9 Å². The molecule has 0 spiro atoms. The number of nitrogens with two attached hydrogens (primary N) is 1. The summed E-state index contributed by atoms with van der Waals surface area (Å²) in [5, 5.41) is 2.76. The zero-order valence-electron chi connectivity index (χ0n) is 22.7. The van der Waals surface area contributed by atoms with E-state index in [0.717, 1.165) is 43.9 Å². The number of benzene rings is 2. The maximum absolute atomic E-state index is 13.7. The summed E-state index contributed by atoms with van der Waals surface area (Å²) in [5.74, 6) is 0.149. The van der Waals surface area contributed by atoms with Gasteiger partial charge in [-0.1, -0.05) is 32.4 Å². The Kier molecular flexibility index (Phi) is 9.21. The molecular weight excluding hydrogens is 514 g/mol. The number of sulfone groups is 1. The smallest absolute Gasteiger partial charge is 0.241 e. The largest absolute Gasteiger partial charge is 0.487 e. The number of rotatable bonds is 10. The molecule has 3 aromatic rings. The van der Waals surface area contributed by atoms with Gasteiger partial charge in [0.15, 0.2) is 0 Å². The predicted octanol–water partition coefficient (Wildman–Crippen LogP) is 3.56. The third kappa shape index (κ3) is 6.95. The minimum atomic E-state index is -3.90. The SMILES string of the molecule is CCC(C)C(N)C(=O)Nc1cccc(S(=O)(=O)c2ccc(N3CCN(C)CC3)c(OCc3cccnc3)c2)c1. The van der Waals surface area contributed by atoms with E-state index in [1.807, 2.05) is 32.0 Å². The van der Waals surface area contributed by atoms with Gasteiger partial charge in [0.2, 0.25) is 15.7 Å². The van der Waals surface area contributed by atoms with Crippen molar-refractivity contribution in [2.24, 2.45) is 11.7 Å². The van der Waals surface area contributed by atoms with Crippen molar-refractivity contribution in [2.75, 3.05) is 43.4 Å². The van der Waals surface area contributed by atoms with Gasteiger partial charge >= 0.3 is 0 Å². The second-order valence-electron chi connectivity index (χ2n) is 10.0. The minimum Gasteiger partial charge on any atom is -0.487 e. The molecule has 0 bridgehead atoms. The number of carbonyl (C=O) groups excluding carboxylic acids is 1. The van der Waals surface area contributed by atoms with Crippen LogP contribution in [-0.4, -0.2) is 63.5 Å². The fourth-order valence-corrected chi connectivity index (χ4v) is 5.67. The number of nitrogens with zero attached hydrogens (tertiary/aromatic N) is 3. The van der Waals surface area contributed by atoms with Crippen molar-refractivity contribution >= 4 is 27.1 Å². The second kappa shape index (κ2) is 12.6. The molecule has 208 valence electrons.